The highest BCUT2D eigenvalue weighted by molar-refractivity contribution is 5.32. The lowest BCUT2D eigenvalue weighted by Crippen LogP contribution is -2.43. The van der Waals surface area contributed by atoms with Crippen LogP contribution in [0.3, 0.4) is 0 Å². The van der Waals surface area contributed by atoms with Gasteiger partial charge in [-0.2, -0.15) is 5.26 Å². The first-order valence-corrected chi connectivity index (χ1v) is 6.77. The van der Waals surface area contributed by atoms with Crippen LogP contribution >= 0.6 is 0 Å². The smallest absolute Gasteiger partial charge is 0.0991 e. The van der Waals surface area contributed by atoms with E-state index in [4.69, 9.17) is 10.4 Å². The van der Waals surface area contributed by atoms with Crippen molar-refractivity contribution in [1.82, 2.24) is 4.90 Å². The average molecular weight is 260 g/mol. The summed E-state index contributed by atoms with van der Waals surface area (Å²) in [6, 6.07) is 9.59. The number of hydrogen-bond acceptors (Lipinski definition) is 4. The molecule has 1 aromatic rings. The van der Waals surface area contributed by atoms with Gasteiger partial charge in [0.2, 0.25) is 0 Å². The first kappa shape index (κ1) is 14.0. The summed E-state index contributed by atoms with van der Waals surface area (Å²) >= 11 is 0. The monoisotopic (exact) mass is 260 g/mol. The Morgan fingerprint density at radius 2 is 2.00 bits per heavy atom. The van der Waals surface area contributed by atoms with Crippen LogP contribution < -0.4 is 0 Å². The van der Waals surface area contributed by atoms with Crippen molar-refractivity contribution in [3.05, 3.63) is 35.4 Å². The van der Waals surface area contributed by atoms with E-state index in [1.807, 2.05) is 0 Å². The van der Waals surface area contributed by atoms with Crippen molar-refractivity contribution in [2.45, 2.75) is 31.4 Å². The van der Waals surface area contributed by atoms with Crippen molar-refractivity contribution < 1.29 is 10.2 Å². The maximum Gasteiger partial charge on any atom is 0.0991 e. The Balaban J connectivity index is 1.97. The second kappa shape index (κ2) is 6.67. The van der Waals surface area contributed by atoms with E-state index in [1.54, 1.807) is 24.3 Å². The Hall–Kier alpha value is -1.41. The molecule has 102 valence electrons. The molecule has 0 saturated heterocycles. The van der Waals surface area contributed by atoms with Crippen LogP contribution in [0.5, 0.6) is 0 Å². The van der Waals surface area contributed by atoms with Gasteiger partial charge in [0.1, 0.15) is 0 Å². The third-order valence-corrected chi connectivity index (χ3v) is 3.81. The summed E-state index contributed by atoms with van der Waals surface area (Å²) in [6.07, 6.45) is 2.97. The molecule has 0 aromatic heterocycles. The highest BCUT2D eigenvalue weighted by Gasteiger charge is 2.26. The molecule has 1 aliphatic rings. The molecule has 0 spiro atoms. The van der Waals surface area contributed by atoms with Gasteiger partial charge in [0.05, 0.1) is 24.3 Å². The van der Waals surface area contributed by atoms with Gasteiger partial charge < -0.3 is 10.2 Å². The fourth-order valence-corrected chi connectivity index (χ4v) is 2.41. The molecule has 1 fully saturated rings. The van der Waals surface area contributed by atoms with Crippen LogP contribution in [-0.4, -0.2) is 40.9 Å². The zero-order valence-electron chi connectivity index (χ0n) is 11.0. The van der Waals surface area contributed by atoms with Crippen LogP contribution in [0.2, 0.25) is 0 Å². The average Bonchev–Trinajstić information content (AvgIpc) is 2.37. The highest BCUT2D eigenvalue weighted by atomic mass is 16.3. The molecule has 2 N–H and O–H groups in total. The summed E-state index contributed by atoms with van der Waals surface area (Å²) in [5.41, 5.74) is 1.42. The van der Waals surface area contributed by atoms with Gasteiger partial charge in [0, 0.05) is 19.1 Å². The van der Waals surface area contributed by atoms with Gasteiger partial charge in [-0.3, -0.25) is 4.90 Å². The van der Waals surface area contributed by atoms with Gasteiger partial charge in [-0.25, -0.2) is 0 Å². The minimum Gasteiger partial charge on any atom is -0.395 e. The molecule has 2 rings (SSSR count). The SMILES string of the molecule is N#Cc1ccc(C(O)CN(CCO)C2CCC2)cc1. The number of aliphatic hydroxyl groups excluding tert-OH is 2. The molecule has 1 atom stereocenters. The number of rotatable bonds is 6. The van der Waals surface area contributed by atoms with Gasteiger partial charge in [-0.05, 0) is 30.5 Å². The second-order valence-electron chi connectivity index (χ2n) is 5.05. The van der Waals surface area contributed by atoms with E-state index in [0.717, 1.165) is 18.4 Å². The van der Waals surface area contributed by atoms with Crippen LogP contribution in [0.4, 0.5) is 0 Å². The molecule has 4 heteroatoms. The molecule has 0 aliphatic heterocycles. The van der Waals surface area contributed by atoms with Crippen molar-refractivity contribution in [1.29, 1.82) is 5.26 Å². The lowest BCUT2D eigenvalue weighted by Gasteiger charge is -2.38. The van der Waals surface area contributed by atoms with Gasteiger partial charge in [-0.15, -0.1) is 0 Å². The van der Waals surface area contributed by atoms with Crippen LogP contribution in [0, 0.1) is 11.3 Å². The molecule has 0 amide bonds. The molecule has 1 unspecified atom stereocenters. The van der Waals surface area contributed by atoms with Crippen molar-refractivity contribution in [3.63, 3.8) is 0 Å². The Morgan fingerprint density at radius 3 is 2.47 bits per heavy atom. The van der Waals surface area contributed by atoms with E-state index in [9.17, 15) is 5.11 Å². The Bertz CT molecular complexity index is 434. The molecule has 19 heavy (non-hydrogen) atoms. The molecule has 4 nitrogen and oxygen atoms in total. The van der Waals surface area contributed by atoms with Crippen molar-refractivity contribution in [2.75, 3.05) is 19.7 Å². The maximum atomic E-state index is 10.2. The molecule has 1 saturated carbocycles. The number of aliphatic hydroxyl groups is 2. The topological polar surface area (TPSA) is 67.5 Å². The Morgan fingerprint density at radius 1 is 1.32 bits per heavy atom. The van der Waals surface area contributed by atoms with E-state index in [0.29, 0.717) is 24.7 Å². The fraction of sp³-hybridized carbons (Fsp3) is 0.533. The minimum atomic E-state index is -0.570. The molecule has 1 aromatic carbocycles. The molecular weight excluding hydrogens is 240 g/mol. The lowest BCUT2D eigenvalue weighted by molar-refractivity contribution is 0.0460. The third kappa shape index (κ3) is 3.54. The first-order chi connectivity index (χ1) is 9.24. The number of nitrogens with zero attached hydrogens (tertiary/aromatic N) is 2. The molecule has 1 aliphatic carbocycles. The summed E-state index contributed by atoms with van der Waals surface area (Å²) in [5.74, 6) is 0. The largest absolute Gasteiger partial charge is 0.395 e. The van der Waals surface area contributed by atoms with Gasteiger partial charge >= 0.3 is 0 Å². The van der Waals surface area contributed by atoms with Crippen LogP contribution in [0.15, 0.2) is 24.3 Å². The first-order valence-electron chi connectivity index (χ1n) is 6.77. The van der Waals surface area contributed by atoms with Crippen molar-refractivity contribution in [3.8, 4) is 6.07 Å². The standard InChI is InChI=1S/C15H20N2O2/c16-10-12-4-6-13(7-5-12)15(19)11-17(8-9-18)14-2-1-3-14/h4-7,14-15,18-19H,1-3,8-9,11H2. The zero-order chi connectivity index (χ0) is 13.7. The number of nitriles is 1. The van der Waals surface area contributed by atoms with Crippen LogP contribution in [0.1, 0.15) is 36.5 Å². The van der Waals surface area contributed by atoms with E-state index in [2.05, 4.69) is 11.0 Å². The Labute approximate surface area is 113 Å². The summed E-state index contributed by atoms with van der Waals surface area (Å²) in [7, 11) is 0. The van der Waals surface area contributed by atoms with Gasteiger partial charge in [-0.1, -0.05) is 18.6 Å². The lowest BCUT2D eigenvalue weighted by atomic mass is 9.91. The van der Waals surface area contributed by atoms with E-state index < -0.39 is 6.10 Å². The minimum absolute atomic E-state index is 0.122. The maximum absolute atomic E-state index is 10.2. The van der Waals surface area contributed by atoms with Crippen LogP contribution in [-0.2, 0) is 0 Å². The number of hydrogen-bond donors (Lipinski definition) is 2. The highest BCUT2D eigenvalue weighted by Crippen LogP contribution is 2.26. The summed E-state index contributed by atoms with van der Waals surface area (Å²) in [4.78, 5) is 2.16. The molecule has 0 bridgehead atoms. The van der Waals surface area contributed by atoms with Crippen molar-refractivity contribution in [2.24, 2.45) is 0 Å². The quantitative estimate of drug-likeness (QED) is 0.812. The second-order valence-corrected chi connectivity index (χ2v) is 5.05. The third-order valence-electron chi connectivity index (χ3n) is 3.81. The van der Waals surface area contributed by atoms with E-state index >= 15 is 0 Å². The number of benzene rings is 1. The van der Waals surface area contributed by atoms with Crippen molar-refractivity contribution >= 4 is 0 Å². The molecule has 0 heterocycles. The Kier molecular flexibility index (Phi) is 4.92. The summed E-state index contributed by atoms with van der Waals surface area (Å²) in [5, 5.41) is 28.1. The predicted molar refractivity (Wildman–Crippen MR) is 72.4 cm³/mol. The summed E-state index contributed by atoms with van der Waals surface area (Å²) < 4.78 is 0. The normalized spacial score (nSPS) is 16.9. The van der Waals surface area contributed by atoms with Gasteiger partial charge in [0.15, 0.2) is 0 Å². The van der Waals surface area contributed by atoms with Gasteiger partial charge in [0.25, 0.3) is 0 Å². The van der Waals surface area contributed by atoms with E-state index in [-0.39, 0.29) is 6.61 Å². The molecular formula is C15H20N2O2. The zero-order valence-corrected chi connectivity index (χ0v) is 11.0. The van der Waals surface area contributed by atoms with Crippen LogP contribution in [0.25, 0.3) is 0 Å². The predicted octanol–water partition coefficient (Wildman–Crippen LogP) is 1.44. The molecule has 0 radical (unpaired) electrons. The van der Waals surface area contributed by atoms with E-state index in [1.165, 1.54) is 6.42 Å². The summed E-state index contributed by atoms with van der Waals surface area (Å²) in [6.45, 7) is 1.27. The fourth-order valence-electron chi connectivity index (χ4n) is 2.41.